The summed E-state index contributed by atoms with van der Waals surface area (Å²) in [6.45, 7) is 1.01. The maximum atomic E-state index is 13.1. The summed E-state index contributed by atoms with van der Waals surface area (Å²) >= 11 is 5.40. The summed E-state index contributed by atoms with van der Waals surface area (Å²) in [5.74, 6) is -0.264. The molecule has 4 atom stereocenters. The minimum atomic E-state index is -1.58. The Kier molecular flexibility index (Phi) is 9.78. The first-order chi connectivity index (χ1) is 20.0. The second kappa shape index (κ2) is 13.3. The number of carbonyl (C=O) groups is 2. The highest BCUT2D eigenvalue weighted by atomic mass is 32.1. The predicted molar refractivity (Wildman–Crippen MR) is 155 cm³/mol. The summed E-state index contributed by atoms with van der Waals surface area (Å²) in [5.41, 5.74) is 1.33. The molecule has 226 valence electrons. The number of amides is 1. The van der Waals surface area contributed by atoms with Crippen LogP contribution in [0, 0.1) is 0 Å². The average molecular weight is 603 g/mol. The summed E-state index contributed by atoms with van der Waals surface area (Å²) in [6, 6.07) is 8.39. The summed E-state index contributed by atoms with van der Waals surface area (Å²) in [5, 5.41) is 29.9. The summed E-state index contributed by atoms with van der Waals surface area (Å²) in [6.07, 6.45) is -2.39. The molecule has 0 saturated carbocycles. The maximum absolute atomic E-state index is 13.1. The Labute approximate surface area is 247 Å². The molecule has 0 bridgehead atoms. The molecule has 0 spiro atoms. The number of carbonyl (C=O) groups excluding carboxylic acids is 1. The largest absolute Gasteiger partial charge is 0.479 e. The van der Waals surface area contributed by atoms with Gasteiger partial charge in [-0.1, -0.05) is 12.1 Å². The number of hydrogen-bond donors (Lipinski definition) is 3. The fourth-order valence-electron chi connectivity index (χ4n) is 4.31. The third kappa shape index (κ3) is 7.05. The summed E-state index contributed by atoms with van der Waals surface area (Å²) in [7, 11) is 7.24. The van der Waals surface area contributed by atoms with Gasteiger partial charge in [0.2, 0.25) is 6.29 Å². The Hall–Kier alpha value is -4.05. The number of benzene rings is 1. The highest BCUT2D eigenvalue weighted by Gasteiger charge is 2.42. The number of rotatable bonds is 9. The van der Waals surface area contributed by atoms with Crippen molar-refractivity contribution in [2.75, 3.05) is 46.2 Å². The molecule has 3 heterocycles. The second-order valence-electron chi connectivity index (χ2n) is 10.1. The molecule has 1 amide bonds. The third-order valence-corrected chi connectivity index (χ3v) is 7.16. The standard InChI is InChI=1S/C27H34N6O8S/c1-30(2)23-18-9-10-33(24(18)29-15-28-23)26(38)31(3)11-12-32(4)27(42)39-14-16-5-7-17(8-6-16)40-20-13-19(34)21(35)22(41-20)25(36)37/h5-10,15,19-22,34-35H,11-14H2,1-4H3,(H,36,37)/t19-,20-,21+,22+/m1/s1. The van der Waals surface area contributed by atoms with Crippen LogP contribution >= 0.6 is 12.2 Å². The number of nitrogens with zero attached hydrogens (tertiary/aromatic N) is 6. The SMILES string of the molecule is CN(CCN(C)C(=S)OCc1ccc(O[C@H]2C[C@@H](O)[C@H](O)[C@@H](C(=O)O)O2)cc1)C(=O)n1ccc2c(N(C)C)ncnc21. The quantitative estimate of drug-likeness (QED) is 0.299. The molecular formula is C27H34N6O8S. The van der Waals surface area contributed by atoms with Crippen LogP contribution in [0.15, 0.2) is 42.9 Å². The van der Waals surface area contributed by atoms with Crippen LogP contribution in [0.5, 0.6) is 5.75 Å². The molecular weight excluding hydrogens is 568 g/mol. The number of fused-ring (bicyclic) bond motifs is 1. The number of anilines is 1. The number of aliphatic hydroxyl groups excluding tert-OH is 2. The Bertz CT molecular complexity index is 1420. The molecule has 1 aliphatic rings. The first-order valence-corrected chi connectivity index (χ1v) is 13.5. The number of ether oxygens (including phenoxy) is 3. The lowest BCUT2D eigenvalue weighted by molar-refractivity contribution is -0.228. The van der Waals surface area contributed by atoms with Gasteiger partial charge in [-0.05, 0) is 36.0 Å². The summed E-state index contributed by atoms with van der Waals surface area (Å²) < 4.78 is 18.1. The van der Waals surface area contributed by atoms with E-state index in [1.54, 1.807) is 54.4 Å². The Morgan fingerprint density at radius 3 is 2.43 bits per heavy atom. The lowest BCUT2D eigenvalue weighted by atomic mass is 10.0. The van der Waals surface area contributed by atoms with Crippen molar-refractivity contribution in [3.05, 3.63) is 48.4 Å². The maximum Gasteiger partial charge on any atom is 0.335 e. The monoisotopic (exact) mass is 602 g/mol. The second-order valence-corrected chi connectivity index (χ2v) is 10.4. The lowest BCUT2D eigenvalue weighted by Crippen LogP contribution is -2.53. The minimum absolute atomic E-state index is 0.0784. The van der Waals surface area contributed by atoms with Crippen LogP contribution in [-0.4, -0.2) is 123 Å². The van der Waals surface area contributed by atoms with Gasteiger partial charge in [-0.2, -0.15) is 0 Å². The van der Waals surface area contributed by atoms with E-state index in [0.29, 0.717) is 24.5 Å². The van der Waals surface area contributed by atoms with Crippen molar-refractivity contribution < 1.29 is 39.1 Å². The molecule has 1 aromatic carbocycles. The number of carboxylic acids is 1. The highest BCUT2D eigenvalue weighted by Crippen LogP contribution is 2.25. The highest BCUT2D eigenvalue weighted by molar-refractivity contribution is 7.80. The molecule has 2 aromatic heterocycles. The number of thiocarbonyl (C=S) groups is 1. The zero-order chi connectivity index (χ0) is 30.6. The van der Waals surface area contributed by atoms with Gasteiger partial charge in [-0.25, -0.2) is 19.6 Å². The van der Waals surface area contributed by atoms with Crippen LogP contribution < -0.4 is 9.64 Å². The minimum Gasteiger partial charge on any atom is -0.479 e. The molecule has 0 radical (unpaired) electrons. The van der Waals surface area contributed by atoms with Gasteiger partial charge in [0.1, 0.15) is 30.6 Å². The molecule has 42 heavy (non-hydrogen) atoms. The van der Waals surface area contributed by atoms with E-state index in [1.165, 1.54) is 10.9 Å². The number of aliphatic carboxylic acids is 1. The molecule has 3 aromatic rings. The van der Waals surface area contributed by atoms with Gasteiger partial charge >= 0.3 is 12.0 Å². The number of likely N-dealkylation sites (N-methyl/N-ethyl adjacent to an activating group) is 2. The van der Waals surface area contributed by atoms with E-state index in [1.807, 2.05) is 25.1 Å². The van der Waals surface area contributed by atoms with E-state index in [4.69, 9.17) is 31.5 Å². The zero-order valence-electron chi connectivity index (χ0n) is 23.7. The number of hydrogen-bond acceptors (Lipinski definition) is 11. The number of aromatic nitrogens is 3. The predicted octanol–water partition coefficient (Wildman–Crippen LogP) is 1.13. The molecule has 14 nitrogen and oxygen atoms in total. The fourth-order valence-corrected chi connectivity index (χ4v) is 4.46. The van der Waals surface area contributed by atoms with E-state index in [-0.39, 0.29) is 24.2 Å². The number of aliphatic hydroxyl groups is 2. The van der Waals surface area contributed by atoms with Crippen molar-refractivity contribution >= 4 is 46.2 Å². The average Bonchev–Trinajstić information content (AvgIpc) is 3.40. The van der Waals surface area contributed by atoms with Gasteiger partial charge in [0, 0.05) is 53.9 Å². The molecule has 1 saturated heterocycles. The third-order valence-electron chi connectivity index (χ3n) is 6.73. The van der Waals surface area contributed by atoms with Gasteiger partial charge in [0.25, 0.3) is 5.17 Å². The summed E-state index contributed by atoms with van der Waals surface area (Å²) in [4.78, 5) is 38.1. The van der Waals surface area contributed by atoms with Crippen molar-refractivity contribution in [2.24, 2.45) is 0 Å². The first kappa shape index (κ1) is 30.9. The molecule has 0 unspecified atom stereocenters. The smallest absolute Gasteiger partial charge is 0.335 e. The molecule has 15 heteroatoms. The van der Waals surface area contributed by atoms with E-state index < -0.39 is 30.6 Å². The van der Waals surface area contributed by atoms with Gasteiger partial charge in [-0.15, -0.1) is 0 Å². The van der Waals surface area contributed by atoms with Crippen molar-refractivity contribution in [2.45, 2.75) is 37.6 Å². The molecule has 1 aliphatic heterocycles. The fraction of sp³-hybridized carbons (Fsp3) is 0.444. The Balaban J connectivity index is 1.24. The van der Waals surface area contributed by atoms with Crippen molar-refractivity contribution in [1.29, 1.82) is 0 Å². The van der Waals surface area contributed by atoms with Gasteiger partial charge < -0.3 is 44.2 Å². The van der Waals surface area contributed by atoms with Crippen LogP contribution in [0.1, 0.15) is 12.0 Å². The van der Waals surface area contributed by atoms with Gasteiger partial charge in [0.05, 0.1) is 11.5 Å². The first-order valence-electron chi connectivity index (χ1n) is 13.1. The topological polar surface area (TPSA) is 163 Å². The normalized spacial score (nSPS) is 20.1. The molecule has 1 fully saturated rings. The number of carboxylic acid groups (broad SMARTS) is 1. The van der Waals surface area contributed by atoms with Crippen LogP contribution in [0.25, 0.3) is 11.0 Å². The van der Waals surface area contributed by atoms with E-state index in [0.717, 1.165) is 16.8 Å². The van der Waals surface area contributed by atoms with Crippen LogP contribution in [0.3, 0.4) is 0 Å². The Morgan fingerprint density at radius 2 is 1.76 bits per heavy atom. The molecule has 3 N–H and O–H groups in total. The Morgan fingerprint density at radius 1 is 1.07 bits per heavy atom. The van der Waals surface area contributed by atoms with Crippen molar-refractivity contribution in [1.82, 2.24) is 24.3 Å². The van der Waals surface area contributed by atoms with Crippen molar-refractivity contribution in [3.8, 4) is 5.75 Å². The molecule has 0 aliphatic carbocycles. The van der Waals surface area contributed by atoms with Crippen LogP contribution in [-0.2, 0) is 20.9 Å². The lowest BCUT2D eigenvalue weighted by Gasteiger charge is -2.34. The van der Waals surface area contributed by atoms with Gasteiger partial charge in [0.15, 0.2) is 11.8 Å². The molecule has 4 rings (SSSR count). The zero-order valence-corrected chi connectivity index (χ0v) is 24.5. The van der Waals surface area contributed by atoms with E-state index in [9.17, 15) is 19.8 Å². The van der Waals surface area contributed by atoms with Gasteiger partial charge in [-0.3, -0.25) is 4.57 Å². The van der Waals surface area contributed by atoms with Crippen LogP contribution in [0.2, 0.25) is 0 Å². The van der Waals surface area contributed by atoms with Crippen LogP contribution in [0.4, 0.5) is 10.6 Å². The van der Waals surface area contributed by atoms with E-state index >= 15 is 0 Å². The van der Waals surface area contributed by atoms with Crippen molar-refractivity contribution in [3.63, 3.8) is 0 Å². The van der Waals surface area contributed by atoms with E-state index in [2.05, 4.69) is 9.97 Å².